The fourth-order valence-corrected chi connectivity index (χ4v) is 9.74. The van der Waals surface area contributed by atoms with Crippen LogP contribution < -0.4 is 0 Å². The van der Waals surface area contributed by atoms with Crippen molar-refractivity contribution < 1.29 is 13.6 Å². The predicted octanol–water partition coefficient (Wildman–Crippen LogP) is 9.73. The first-order chi connectivity index (χ1) is 17.3. The summed E-state index contributed by atoms with van der Waals surface area (Å²) < 4.78 is 20.9. The molecule has 1 spiro atoms. The molecule has 2 aliphatic carbocycles. The zero-order valence-corrected chi connectivity index (χ0v) is 29.1. The van der Waals surface area contributed by atoms with Crippen LogP contribution >= 0.6 is 11.8 Å². The highest BCUT2D eigenvalue weighted by molar-refractivity contribution is 8.02. The lowest BCUT2D eigenvalue weighted by Crippen LogP contribution is -2.60. The second-order valence-corrected chi connectivity index (χ2v) is 26.1. The third kappa shape index (κ3) is 5.69. The Bertz CT molecular complexity index is 1030. The lowest BCUT2D eigenvalue weighted by Gasteiger charge is -2.57. The molecule has 214 valence electrons. The molecule has 1 aliphatic heterocycles. The minimum atomic E-state index is -1.96. The number of ether oxygens (including phenoxy) is 1. The van der Waals surface area contributed by atoms with E-state index in [1.54, 1.807) is 0 Å². The lowest BCUT2D eigenvalue weighted by atomic mass is 9.52. The summed E-state index contributed by atoms with van der Waals surface area (Å²) in [6.07, 6.45) is 4.86. The molecule has 0 N–H and O–H groups in total. The summed E-state index contributed by atoms with van der Waals surface area (Å²) in [6, 6.07) is 8.88. The van der Waals surface area contributed by atoms with Gasteiger partial charge < -0.3 is 13.6 Å². The van der Waals surface area contributed by atoms with Crippen molar-refractivity contribution in [1.29, 1.82) is 0 Å². The summed E-state index contributed by atoms with van der Waals surface area (Å²) in [5.74, 6) is 0.448. The van der Waals surface area contributed by atoms with Crippen LogP contribution in [0.25, 0.3) is 0 Å². The Morgan fingerprint density at radius 2 is 1.50 bits per heavy atom. The molecule has 1 aromatic rings. The summed E-state index contributed by atoms with van der Waals surface area (Å²) >= 11 is 1.85. The van der Waals surface area contributed by atoms with Crippen molar-refractivity contribution in [3.8, 4) is 0 Å². The van der Waals surface area contributed by atoms with Crippen LogP contribution in [0.2, 0.25) is 36.3 Å². The zero-order chi connectivity index (χ0) is 28.4. The molecular formula is C32H54O3SSi2. The van der Waals surface area contributed by atoms with E-state index in [0.717, 1.165) is 32.3 Å². The van der Waals surface area contributed by atoms with E-state index in [0.29, 0.717) is 12.0 Å². The highest BCUT2D eigenvalue weighted by atomic mass is 32.2. The fourth-order valence-electron chi connectivity index (χ4n) is 6.13. The number of benzene rings is 1. The number of fused-ring (bicyclic) bond motifs is 2. The summed E-state index contributed by atoms with van der Waals surface area (Å²) in [5.41, 5.74) is 2.70. The molecule has 0 unspecified atom stereocenters. The Labute approximate surface area is 240 Å². The molecule has 0 bridgehead atoms. The quantitative estimate of drug-likeness (QED) is 0.192. The Morgan fingerprint density at radius 1 is 0.947 bits per heavy atom. The van der Waals surface area contributed by atoms with Gasteiger partial charge in [-0.05, 0) is 97.9 Å². The van der Waals surface area contributed by atoms with Crippen LogP contribution in [-0.2, 0) is 13.6 Å². The maximum atomic E-state index is 7.33. The summed E-state index contributed by atoms with van der Waals surface area (Å²) in [5, 5.41) is 2.82. The topological polar surface area (TPSA) is 31.0 Å². The summed E-state index contributed by atoms with van der Waals surface area (Å²) in [4.78, 5) is 1.29. The van der Waals surface area contributed by atoms with Gasteiger partial charge in [0, 0.05) is 16.4 Å². The third-order valence-electron chi connectivity index (χ3n) is 10.9. The van der Waals surface area contributed by atoms with Crippen molar-refractivity contribution in [1.82, 2.24) is 0 Å². The molecule has 38 heavy (non-hydrogen) atoms. The largest absolute Gasteiger partial charge is 0.414 e. The first kappa shape index (κ1) is 30.6. The number of hydrogen-bond donors (Lipinski definition) is 0. The molecule has 0 amide bonds. The number of rotatable bonds is 6. The van der Waals surface area contributed by atoms with Crippen LogP contribution in [0.5, 0.6) is 0 Å². The van der Waals surface area contributed by atoms with Crippen molar-refractivity contribution in [2.24, 2.45) is 11.3 Å². The van der Waals surface area contributed by atoms with Crippen molar-refractivity contribution in [2.45, 2.75) is 140 Å². The molecule has 0 radical (unpaired) electrons. The highest BCUT2D eigenvalue weighted by Crippen LogP contribution is 2.65. The maximum Gasteiger partial charge on any atom is 0.192 e. The van der Waals surface area contributed by atoms with Crippen LogP contribution in [0.1, 0.15) is 79.7 Å². The summed E-state index contributed by atoms with van der Waals surface area (Å²) in [6.45, 7) is 29.3. The molecule has 6 heteroatoms. The van der Waals surface area contributed by atoms with Gasteiger partial charge >= 0.3 is 0 Å². The molecule has 3 nitrogen and oxygen atoms in total. The van der Waals surface area contributed by atoms with Gasteiger partial charge in [0.15, 0.2) is 16.6 Å². The molecule has 3 fully saturated rings. The number of hydrogen-bond acceptors (Lipinski definition) is 4. The second kappa shape index (κ2) is 10.2. The maximum absolute atomic E-state index is 7.33. The van der Waals surface area contributed by atoms with Crippen LogP contribution in [-0.4, -0.2) is 41.1 Å². The van der Waals surface area contributed by atoms with Crippen molar-refractivity contribution in [3.05, 3.63) is 40.8 Å². The molecule has 0 aromatic heterocycles. The molecule has 1 saturated heterocycles. The van der Waals surface area contributed by atoms with Gasteiger partial charge in [0.05, 0.1) is 12.7 Å². The predicted molar refractivity (Wildman–Crippen MR) is 168 cm³/mol. The van der Waals surface area contributed by atoms with Crippen LogP contribution in [0, 0.1) is 18.3 Å². The smallest absolute Gasteiger partial charge is 0.192 e. The van der Waals surface area contributed by atoms with Crippen molar-refractivity contribution >= 4 is 28.4 Å². The SMILES string of the molecule is Cc1ccc(S/C=C2/C[C@H](O[Si](C)(C)C(C)(C)C)[C@@H]3C[C@@H](O[Si](C)(C)C(C)(C)C)CC[C@]3(C)[C@@]23CO3)cc1. The minimum absolute atomic E-state index is 0.0746. The van der Waals surface area contributed by atoms with E-state index in [-0.39, 0.29) is 27.2 Å². The van der Waals surface area contributed by atoms with E-state index in [1.807, 2.05) is 11.8 Å². The van der Waals surface area contributed by atoms with E-state index in [1.165, 1.54) is 16.0 Å². The number of thioether (sulfide) groups is 1. The van der Waals surface area contributed by atoms with Crippen LogP contribution in [0.4, 0.5) is 0 Å². The average molecular weight is 575 g/mol. The fraction of sp³-hybridized carbons (Fsp3) is 0.750. The first-order valence-electron chi connectivity index (χ1n) is 14.7. The van der Waals surface area contributed by atoms with Gasteiger partial charge in [-0.25, -0.2) is 0 Å². The van der Waals surface area contributed by atoms with Crippen LogP contribution in [0.3, 0.4) is 0 Å². The molecule has 3 aliphatic rings. The highest BCUT2D eigenvalue weighted by Gasteiger charge is 2.69. The Balaban J connectivity index is 1.66. The molecular weight excluding hydrogens is 521 g/mol. The van der Waals surface area contributed by atoms with E-state index in [2.05, 4.69) is 111 Å². The molecule has 4 rings (SSSR count). The van der Waals surface area contributed by atoms with Gasteiger partial charge in [0.2, 0.25) is 0 Å². The van der Waals surface area contributed by atoms with Crippen LogP contribution in [0.15, 0.2) is 40.1 Å². The Kier molecular flexibility index (Phi) is 8.18. The third-order valence-corrected chi connectivity index (χ3v) is 20.9. The Hall–Kier alpha value is -0.376. The van der Waals surface area contributed by atoms with E-state index < -0.39 is 16.6 Å². The molecule has 1 aromatic carbocycles. The van der Waals surface area contributed by atoms with Gasteiger partial charge in [0.1, 0.15) is 5.60 Å². The summed E-state index contributed by atoms with van der Waals surface area (Å²) in [7, 11) is -3.79. The van der Waals surface area contributed by atoms with Gasteiger partial charge in [0.25, 0.3) is 0 Å². The van der Waals surface area contributed by atoms with Crippen molar-refractivity contribution in [2.75, 3.05) is 6.61 Å². The van der Waals surface area contributed by atoms with E-state index in [4.69, 9.17) is 13.6 Å². The van der Waals surface area contributed by atoms with Gasteiger partial charge in [-0.1, -0.05) is 77.9 Å². The monoisotopic (exact) mass is 574 g/mol. The number of epoxide rings is 1. The van der Waals surface area contributed by atoms with E-state index in [9.17, 15) is 0 Å². The Morgan fingerprint density at radius 3 is 2.03 bits per heavy atom. The second-order valence-electron chi connectivity index (χ2n) is 15.6. The van der Waals surface area contributed by atoms with E-state index >= 15 is 0 Å². The normalized spacial score (nSPS) is 33.5. The van der Waals surface area contributed by atoms with Gasteiger partial charge in [-0.15, -0.1) is 0 Å². The van der Waals surface area contributed by atoms with Crippen molar-refractivity contribution in [3.63, 3.8) is 0 Å². The molecule has 2 saturated carbocycles. The minimum Gasteiger partial charge on any atom is -0.414 e. The molecule has 1 heterocycles. The van der Waals surface area contributed by atoms with Gasteiger partial charge in [-0.2, -0.15) is 0 Å². The average Bonchev–Trinajstić information content (AvgIpc) is 3.58. The zero-order valence-electron chi connectivity index (χ0n) is 26.3. The lowest BCUT2D eigenvalue weighted by molar-refractivity contribution is -0.0899. The van der Waals surface area contributed by atoms with Gasteiger partial charge in [-0.3, -0.25) is 0 Å². The molecule has 5 atom stereocenters. The standard InChI is InChI=1S/C32H54O3SSi2/c1-23-13-15-26(16-14-23)36-21-24-19-28(35-38(11,12)30(5,6)7)27-20-25(34-37(9,10)29(2,3)4)17-18-31(27,8)32(24)22-33-32/h13-16,21,25,27-28H,17-20,22H2,1-12H3/b24-21-/t25-,27-,28-,31-,32+/m0/s1. The number of aryl methyl sites for hydroxylation is 1. The first-order valence-corrected chi connectivity index (χ1v) is 21.4.